The van der Waals surface area contributed by atoms with Crippen molar-refractivity contribution < 1.29 is 15.0 Å². The third-order valence-corrected chi connectivity index (χ3v) is 2.43. The van der Waals surface area contributed by atoms with E-state index in [0.29, 0.717) is 16.3 Å². The van der Waals surface area contributed by atoms with Crippen LogP contribution in [-0.4, -0.2) is 42.4 Å². The van der Waals surface area contributed by atoms with Gasteiger partial charge < -0.3 is 20.8 Å². The van der Waals surface area contributed by atoms with E-state index < -0.39 is 6.10 Å². The molecule has 0 heterocycles. The highest BCUT2D eigenvalue weighted by Crippen LogP contribution is 2.20. The van der Waals surface area contributed by atoms with Crippen molar-refractivity contribution in [3.8, 4) is 0 Å². The summed E-state index contributed by atoms with van der Waals surface area (Å²) in [7, 11) is 1.52. The van der Waals surface area contributed by atoms with Gasteiger partial charge in [-0.15, -0.1) is 0 Å². The molecule has 1 amide bonds. The van der Waals surface area contributed by atoms with E-state index >= 15 is 0 Å². The molecular weight excluding hydrogens is 244 g/mol. The SMILES string of the molecule is CNC(=O)c1cc(Cl)ccc1NCC(O)CO. The molecule has 0 aliphatic rings. The summed E-state index contributed by atoms with van der Waals surface area (Å²) in [6, 6.07) is 4.83. The Balaban J connectivity index is 2.86. The monoisotopic (exact) mass is 258 g/mol. The summed E-state index contributed by atoms with van der Waals surface area (Å²) >= 11 is 5.81. The molecule has 4 N–H and O–H groups in total. The van der Waals surface area contributed by atoms with Crippen LogP contribution < -0.4 is 10.6 Å². The molecule has 1 rings (SSSR count). The van der Waals surface area contributed by atoms with Gasteiger partial charge in [0, 0.05) is 24.3 Å². The van der Waals surface area contributed by atoms with Crippen molar-refractivity contribution in [3.05, 3.63) is 28.8 Å². The summed E-state index contributed by atoms with van der Waals surface area (Å²) in [6.07, 6.45) is -0.872. The fraction of sp³-hybridized carbons (Fsp3) is 0.364. The Labute approximate surface area is 104 Å². The van der Waals surface area contributed by atoms with Crippen LogP contribution in [0, 0.1) is 0 Å². The van der Waals surface area contributed by atoms with Gasteiger partial charge in [0.05, 0.1) is 18.3 Å². The normalized spacial score (nSPS) is 12.0. The summed E-state index contributed by atoms with van der Waals surface area (Å²) in [5.41, 5.74) is 0.950. The molecule has 1 aromatic rings. The summed E-state index contributed by atoms with van der Waals surface area (Å²) in [5, 5.41) is 23.7. The predicted molar refractivity (Wildman–Crippen MR) is 66.4 cm³/mol. The second-order valence-corrected chi connectivity index (χ2v) is 3.92. The molecule has 0 fully saturated rings. The highest BCUT2D eigenvalue weighted by Gasteiger charge is 2.11. The van der Waals surface area contributed by atoms with E-state index in [4.69, 9.17) is 16.7 Å². The van der Waals surface area contributed by atoms with E-state index in [1.807, 2.05) is 0 Å². The van der Waals surface area contributed by atoms with E-state index in [2.05, 4.69) is 10.6 Å². The number of anilines is 1. The molecule has 6 heteroatoms. The molecule has 0 radical (unpaired) electrons. The van der Waals surface area contributed by atoms with E-state index in [9.17, 15) is 9.90 Å². The largest absolute Gasteiger partial charge is 0.394 e. The van der Waals surface area contributed by atoms with E-state index in [0.717, 1.165) is 0 Å². The van der Waals surface area contributed by atoms with Gasteiger partial charge in [-0.25, -0.2) is 0 Å². The second kappa shape index (κ2) is 6.44. The number of carbonyl (C=O) groups is 1. The van der Waals surface area contributed by atoms with E-state index in [-0.39, 0.29) is 19.1 Å². The molecule has 0 saturated carbocycles. The van der Waals surface area contributed by atoms with Crippen LogP contribution in [0.5, 0.6) is 0 Å². The van der Waals surface area contributed by atoms with Crippen LogP contribution >= 0.6 is 11.6 Å². The first kappa shape index (κ1) is 13.8. The smallest absolute Gasteiger partial charge is 0.253 e. The van der Waals surface area contributed by atoms with E-state index in [1.54, 1.807) is 12.1 Å². The molecule has 0 aliphatic heterocycles. The predicted octanol–water partition coefficient (Wildman–Crippen LogP) is 0.465. The number of carbonyl (C=O) groups excluding carboxylic acids is 1. The maximum atomic E-state index is 11.6. The highest BCUT2D eigenvalue weighted by molar-refractivity contribution is 6.31. The van der Waals surface area contributed by atoms with Gasteiger partial charge in [-0.3, -0.25) is 4.79 Å². The van der Waals surface area contributed by atoms with Crippen molar-refractivity contribution in [2.45, 2.75) is 6.10 Å². The summed E-state index contributed by atoms with van der Waals surface area (Å²) in [5.74, 6) is -0.270. The molecule has 0 aliphatic carbocycles. The minimum absolute atomic E-state index is 0.155. The Kier molecular flexibility index (Phi) is 5.21. The molecule has 17 heavy (non-hydrogen) atoms. The van der Waals surface area contributed by atoms with Crippen molar-refractivity contribution in [3.63, 3.8) is 0 Å². The Hall–Kier alpha value is -1.30. The quantitative estimate of drug-likeness (QED) is 0.619. The van der Waals surface area contributed by atoms with Gasteiger partial charge in [-0.2, -0.15) is 0 Å². The molecule has 0 saturated heterocycles. The van der Waals surface area contributed by atoms with Crippen LogP contribution in [0.15, 0.2) is 18.2 Å². The van der Waals surface area contributed by atoms with Gasteiger partial charge in [0.25, 0.3) is 5.91 Å². The lowest BCUT2D eigenvalue weighted by Gasteiger charge is -2.13. The first-order valence-corrected chi connectivity index (χ1v) is 5.50. The lowest BCUT2D eigenvalue weighted by molar-refractivity contribution is 0.0962. The molecular formula is C11H15ClN2O3. The Morgan fingerprint density at radius 2 is 2.24 bits per heavy atom. The zero-order chi connectivity index (χ0) is 12.8. The zero-order valence-corrected chi connectivity index (χ0v) is 10.2. The minimum Gasteiger partial charge on any atom is -0.394 e. The topological polar surface area (TPSA) is 81.6 Å². The van der Waals surface area contributed by atoms with Crippen molar-refractivity contribution in [1.82, 2.24) is 5.32 Å². The van der Waals surface area contributed by atoms with Crippen molar-refractivity contribution in [2.75, 3.05) is 25.5 Å². The number of nitrogens with one attached hydrogen (secondary N) is 2. The van der Waals surface area contributed by atoms with Crippen LogP contribution in [0.25, 0.3) is 0 Å². The molecule has 1 unspecified atom stereocenters. The summed E-state index contributed by atoms with van der Waals surface area (Å²) < 4.78 is 0. The number of aliphatic hydroxyl groups excluding tert-OH is 2. The number of hydrogen-bond acceptors (Lipinski definition) is 4. The molecule has 0 spiro atoms. The van der Waals surface area contributed by atoms with Gasteiger partial charge in [-0.1, -0.05) is 11.6 Å². The molecule has 1 aromatic carbocycles. The number of benzene rings is 1. The molecule has 0 bridgehead atoms. The lowest BCUT2D eigenvalue weighted by atomic mass is 10.1. The van der Waals surface area contributed by atoms with Gasteiger partial charge >= 0.3 is 0 Å². The Morgan fingerprint density at radius 1 is 1.53 bits per heavy atom. The third-order valence-electron chi connectivity index (χ3n) is 2.19. The molecule has 1 atom stereocenters. The maximum absolute atomic E-state index is 11.6. The second-order valence-electron chi connectivity index (χ2n) is 3.49. The highest BCUT2D eigenvalue weighted by atomic mass is 35.5. The van der Waals surface area contributed by atoms with Crippen LogP contribution in [0.1, 0.15) is 10.4 Å². The first-order chi connectivity index (χ1) is 8.08. The van der Waals surface area contributed by atoms with Crippen molar-refractivity contribution in [2.24, 2.45) is 0 Å². The fourth-order valence-electron chi connectivity index (χ4n) is 1.29. The van der Waals surface area contributed by atoms with Crippen LogP contribution in [-0.2, 0) is 0 Å². The standard InChI is InChI=1S/C11H15ClN2O3/c1-13-11(17)9-4-7(12)2-3-10(9)14-5-8(16)6-15/h2-4,8,14-16H,5-6H2,1H3,(H,13,17). The number of halogens is 1. The Bertz CT molecular complexity index is 398. The van der Waals surface area contributed by atoms with Gasteiger partial charge in [0.15, 0.2) is 0 Å². The van der Waals surface area contributed by atoms with Gasteiger partial charge in [-0.05, 0) is 18.2 Å². The van der Waals surface area contributed by atoms with Crippen molar-refractivity contribution in [1.29, 1.82) is 0 Å². The zero-order valence-electron chi connectivity index (χ0n) is 9.40. The van der Waals surface area contributed by atoms with Crippen molar-refractivity contribution >= 4 is 23.2 Å². The fourth-order valence-corrected chi connectivity index (χ4v) is 1.46. The molecule has 5 nitrogen and oxygen atoms in total. The average Bonchev–Trinajstić information content (AvgIpc) is 2.35. The van der Waals surface area contributed by atoms with Crippen LogP contribution in [0.2, 0.25) is 5.02 Å². The number of amides is 1. The van der Waals surface area contributed by atoms with Gasteiger partial charge in [0.2, 0.25) is 0 Å². The first-order valence-electron chi connectivity index (χ1n) is 5.13. The average molecular weight is 259 g/mol. The Morgan fingerprint density at radius 3 is 2.82 bits per heavy atom. The van der Waals surface area contributed by atoms with Gasteiger partial charge in [0.1, 0.15) is 0 Å². The number of aliphatic hydroxyl groups is 2. The summed E-state index contributed by atoms with van der Waals surface area (Å²) in [4.78, 5) is 11.6. The minimum atomic E-state index is -0.872. The number of hydrogen-bond donors (Lipinski definition) is 4. The molecule has 0 aromatic heterocycles. The third kappa shape index (κ3) is 3.89. The van der Waals surface area contributed by atoms with E-state index in [1.165, 1.54) is 13.1 Å². The molecule has 94 valence electrons. The lowest BCUT2D eigenvalue weighted by Crippen LogP contribution is -2.25. The number of rotatable bonds is 5. The maximum Gasteiger partial charge on any atom is 0.253 e. The van der Waals surface area contributed by atoms with Crippen LogP contribution in [0.4, 0.5) is 5.69 Å². The summed E-state index contributed by atoms with van der Waals surface area (Å²) in [6.45, 7) is -0.183. The van der Waals surface area contributed by atoms with Crippen LogP contribution in [0.3, 0.4) is 0 Å².